The van der Waals surface area contributed by atoms with E-state index in [2.05, 4.69) is 23.8 Å². The van der Waals surface area contributed by atoms with Crippen LogP contribution in [0.2, 0.25) is 0 Å². The van der Waals surface area contributed by atoms with Gasteiger partial charge >= 0.3 is 15.6 Å². The number of hydrogen-bond donors (Lipinski definition) is 10. The minimum absolute atomic E-state index is 0.0441. The maximum atomic E-state index is 11.7. The predicted octanol–water partition coefficient (Wildman–Crippen LogP) is -4.37. The van der Waals surface area contributed by atoms with Crippen molar-refractivity contribution in [3.8, 4) is 0 Å². The van der Waals surface area contributed by atoms with Crippen LogP contribution in [-0.4, -0.2) is 134 Å². The largest absolute Gasteiger partial charge is 0.481 e. The van der Waals surface area contributed by atoms with Gasteiger partial charge in [0.05, 0.1) is 25.9 Å². The summed E-state index contributed by atoms with van der Waals surface area (Å²) in [5.41, 5.74) is -0.533. The molecule has 0 bridgehead atoms. The Morgan fingerprint density at radius 1 is 1.17 bits per heavy atom. The van der Waals surface area contributed by atoms with Crippen LogP contribution < -0.4 is 5.56 Å². The molecule has 2 aromatic heterocycles. The molecule has 0 radical (unpaired) electrons. The maximum absolute atomic E-state index is 11.7. The molecule has 0 saturated carbocycles. The number of ketones is 1. The molecule has 1 saturated heterocycles. The van der Waals surface area contributed by atoms with E-state index in [0.29, 0.717) is 6.61 Å². The van der Waals surface area contributed by atoms with Crippen molar-refractivity contribution >= 4 is 32.6 Å². The fourth-order valence-electron chi connectivity index (χ4n) is 3.27. The molecular formula is C18H30N4O17P2. The van der Waals surface area contributed by atoms with E-state index in [9.17, 15) is 33.8 Å². The highest BCUT2D eigenvalue weighted by Crippen LogP contribution is 2.57. The average molecular weight is 636 g/mol. The number of Topliss-reactive ketones (excluding diaryl/α,β-unsaturated/α-hetero) is 1. The van der Waals surface area contributed by atoms with Gasteiger partial charge in [-0.25, -0.2) is 19.1 Å². The van der Waals surface area contributed by atoms with Gasteiger partial charge < -0.3 is 59.8 Å². The molecule has 3 heterocycles. The summed E-state index contributed by atoms with van der Waals surface area (Å²) in [7, 11) is -10.5. The zero-order valence-electron chi connectivity index (χ0n) is 21.1. The molecule has 3 rings (SSSR count). The summed E-state index contributed by atoms with van der Waals surface area (Å²) in [4.78, 5) is 59.1. The number of nitrogens with one attached hydrogen (secondary N) is 1. The number of nitrogens with zero attached hydrogens (tertiary/aromatic N) is 3. The van der Waals surface area contributed by atoms with Crippen LogP contribution in [0.4, 0.5) is 0 Å². The first-order chi connectivity index (χ1) is 19.0. The van der Waals surface area contributed by atoms with E-state index in [1.807, 2.05) is 0 Å². The maximum Gasteiger partial charge on any atom is 0.481 e. The number of ether oxygens (including phenoxy) is 2. The summed E-state index contributed by atoms with van der Waals surface area (Å²) in [6.45, 7) is 0.103. The highest BCUT2D eigenvalue weighted by Gasteiger charge is 2.46. The van der Waals surface area contributed by atoms with Crippen molar-refractivity contribution in [2.24, 2.45) is 0 Å². The molecule has 21 nitrogen and oxygen atoms in total. The van der Waals surface area contributed by atoms with Gasteiger partial charge in [0.1, 0.15) is 43.2 Å². The van der Waals surface area contributed by atoms with Gasteiger partial charge in [-0.1, -0.05) is 0 Å². The van der Waals surface area contributed by atoms with E-state index in [0.717, 1.165) is 12.7 Å². The minimum Gasteiger partial charge on any atom is -0.394 e. The van der Waals surface area contributed by atoms with Crippen molar-refractivity contribution < 1.29 is 77.6 Å². The smallest absolute Gasteiger partial charge is 0.394 e. The number of rotatable bonds is 13. The van der Waals surface area contributed by atoms with E-state index >= 15 is 0 Å². The Hall–Kier alpha value is -2.04. The number of phosphoric acid groups is 2. The summed E-state index contributed by atoms with van der Waals surface area (Å²) in [6.07, 6.45) is -8.51. The number of aliphatic hydroxyl groups excluding tert-OH is 6. The predicted molar refractivity (Wildman–Crippen MR) is 130 cm³/mol. The van der Waals surface area contributed by atoms with E-state index in [4.69, 9.17) is 39.7 Å². The SMILES string of the molecule is CCOCC(=O)C(O)C(O)C(O)CO.O=c1[nH]cnc2c1ncn2[C@@H]1O[C@H](COP(=O)(O)OP(=O)(O)O)[C@@H](O)[C@H]1O. The van der Waals surface area contributed by atoms with Crippen LogP contribution in [0.25, 0.3) is 11.2 Å². The highest BCUT2D eigenvalue weighted by molar-refractivity contribution is 7.60. The lowest BCUT2D eigenvalue weighted by Crippen LogP contribution is -2.45. The molecule has 10 N–H and O–H groups in total. The van der Waals surface area contributed by atoms with Gasteiger partial charge in [-0.2, -0.15) is 4.31 Å². The first-order valence-electron chi connectivity index (χ1n) is 11.4. The summed E-state index contributed by atoms with van der Waals surface area (Å²) in [6, 6.07) is 0. The molecule has 1 fully saturated rings. The second-order valence-electron chi connectivity index (χ2n) is 8.23. The minimum atomic E-state index is -5.30. The zero-order chi connectivity index (χ0) is 31.1. The third-order valence-electron chi connectivity index (χ3n) is 5.27. The van der Waals surface area contributed by atoms with Crippen LogP contribution in [-0.2, 0) is 32.2 Å². The number of hydrogen-bond acceptors (Lipinski definition) is 16. The third kappa shape index (κ3) is 9.75. The lowest BCUT2D eigenvalue weighted by Gasteiger charge is -2.20. The van der Waals surface area contributed by atoms with Crippen LogP contribution in [0.15, 0.2) is 17.4 Å². The topological polar surface area (TPSA) is 334 Å². The number of aliphatic hydroxyl groups is 6. The number of carbonyl (C=O) groups is 1. The quantitative estimate of drug-likeness (QED) is 0.0928. The Morgan fingerprint density at radius 3 is 2.41 bits per heavy atom. The molecule has 1 aliphatic rings. The summed E-state index contributed by atoms with van der Waals surface area (Å²) < 4.78 is 41.3. The molecule has 2 aromatic rings. The number of carbonyl (C=O) groups excluding carboxylic acids is 1. The highest BCUT2D eigenvalue weighted by atomic mass is 31.3. The molecule has 0 aliphatic carbocycles. The van der Waals surface area contributed by atoms with Crippen LogP contribution >= 0.6 is 15.6 Å². The van der Waals surface area contributed by atoms with E-state index in [1.165, 1.54) is 4.57 Å². The number of imidazole rings is 1. The second-order valence-corrected chi connectivity index (χ2v) is 11.1. The lowest BCUT2D eigenvalue weighted by molar-refractivity contribution is -0.144. The van der Waals surface area contributed by atoms with Crippen molar-refractivity contribution in [1.29, 1.82) is 0 Å². The van der Waals surface area contributed by atoms with Gasteiger partial charge in [0.2, 0.25) is 0 Å². The van der Waals surface area contributed by atoms with Gasteiger partial charge in [0.25, 0.3) is 5.56 Å². The van der Waals surface area contributed by atoms with Crippen molar-refractivity contribution in [3.63, 3.8) is 0 Å². The molecule has 0 aromatic carbocycles. The molecule has 4 unspecified atom stereocenters. The first-order valence-corrected chi connectivity index (χ1v) is 14.5. The normalized spacial score (nSPS) is 24.7. The van der Waals surface area contributed by atoms with E-state index in [-0.39, 0.29) is 17.8 Å². The Bertz CT molecular complexity index is 1300. The fourth-order valence-corrected chi connectivity index (χ4v) is 4.87. The summed E-state index contributed by atoms with van der Waals surface area (Å²) in [5.74, 6) is -0.730. The van der Waals surface area contributed by atoms with Crippen molar-refractivity contribution in [1.82, 2.24) is 19.5 Å². The third-order valence-corrected chi connectivity index (χ3v) is 7.42. The Kier molecular flexibility index (Phi) is 12.8. The van der Waals surface area contributed by atoms with Gasteiger partial charge in [-0.05, 0) is 6.92 Å². The van der Waals surface area contributed by atoms with Crippen molar-refractivity contribution in [3.05, 3.63) is 23.0 Å². The van der Waals surface area contributed by atoms with Gasteiger partial charge in [0, 0.05) is 6.61 Å². The van der Waals surface area contributed by atoms with Gasteiger partial charge in [-0.3, -0.25) is 18.7 Å². The molecule has 0 amide bonds. The van der Waals surface area contributed by atoms with Crippen molar-refractivity contribution in [2.45, 2.75) is 49.8 Å². The number of fused-ring (bicyclic) bond motifs is 1. The Morgan fingerprint density at radius 2 is 1.83 bits per heavy atom. The number of H-pyrrole nitrogens is 1. The lowest BCUT2D eigenvalue weighted by atomic mass is 10.1. The molecule has 8 atom stereocenters. The van der Waals surface area contributed by atoms with Crippen LogP contribution in [0.3, 0.4) is 0 Å². The second kappa shape index (κ2) is 14.9. The van der Waals surface area contributed by atoms with E-state index < -0.39 is 83.1 Å². The molecule has 23 heteroatoms. The molecule has 234 valence electrons. The Balaban J connectivity index is 0.000000357. The molecule has 1 aliphatic heterocycles. The van der Waals surface area contributed by atoms with Crippen molar-refractivity contribution in [2.75, 3.05) is 26.4 Å². The first kappa shape index (κ1) is 35.2. The van der Waals surface area contributed by atoms with Crippen LogP contribution in [0.1, 0.15) is 13.2 Å². The van der Waals surface area contributed by atoms with Gasteiger partial charge in [-0.15, -0.1) is 0 Å². The molecule has 41 heavy (non-hydrogen) atoms. The van der Waals surface area contributed by atoms with E-state index in [1.54, 1.807) is 6.92 Å². The molecule has 0 spiro atoms. The summed E-state index contributed by atoms with van der Waals surface area (Å²) >= 11 is 0. The van der Waals surface area contributed by atoms with Gasteiger partial charge in [0.15, 0.2) is 23.2 Å². The fraction of sp³-hybridized carbons (Fsp3) is 0.667. The average Bonchev–Trinajstić information content (AvgIpc) is 3.45. The number of phosphoric ester groups is 1. The standard InChI is InChI=1S/C10H14N4O11P2.C8H16O6/c15-6-4(1-23-27(21,22)25-26(18,19)20)24-10(7(6)16)14-3-13-5-8(14)11-2-12-9(5)17;1-2-14-4-6(11)8(13)7(12)5(10)3-9/h2-4,6-7,10,15-16H,1H2,(H,21,22)(H,11,12,17)(H2,18,19,20);5,7-10,12-13H,2-4H2,1H3/t4-,6-,7-,10-;/m1./s1. The summed E-state index contributed by atoms with van der Waals surface area (Å²) in [5, 5.41) is 55.9. The van der Waals surface area contributed by atoms with Crippen LogP contribution in [0, 0.1) is 0 Å². The van der Waals surface area contributed by atoms with Crippen LogP contribution in [0.5, 0.6) is 0 Å². The zero-order valence-corrected chi connectivity index (χ0v) is 22.8. The number of aromatic nitrogens is 4. The monoisotopic (exact) mass is 636 g/mol. The molecular weight excluding hydrogens is 606 g/mol. The Labute approximate surface area is 229 Å². The number of aromatic amines is 1.